The van der Waals surface area contributed by atoms with Gasteiger partial charge in [-0.05, 0) is 29.8 Å². The lowest BCUT2D eigenvalue weighted by molar-refractivity contribution is -0.141. The first-order valence-electron chi connectivity index (χ1n) is 6.07. The second-order valence-electron chi connectivity index (χ2n) is 4.29. The highest BCUT2D eigenvalue weighted by Crippen LogP contribution is 2.24. The minimum Gasteiger partial charge on any atom is -0.480 e. The predicted molar refractivity (Wildman–Crippen MR) is 73.5 cm³/mol. The van der Waals surface area contributed by atoms with Crippen LogP contribution in [-0.4, -0.2) is 22.2 Å². The molecule has 0 saturated carbocycles. The normalized spacial score (nSPS) is 13.5. The number of aliphatic hydroxyl groups is 1. The van der Waals surface area contributed by atoms with E-state index in [-0.39, 0.29) is 0 Å². The molecule has 0 amide bonds. The van der Waals surface area contributed by atoms with Crippen LogP contribution in [0, 0.1) is 0 Å². The van der Waals surface area contributed by atoms with Crippen LogP contribution < -0.4 is 10.5 Å². The molecule has 2 atom stereocenters. The van der Waals surface area contributed by atoms with Gasteiger partial charge in [0.15, 0.2) is 0 Å². The zero-order chi connectivity index (χ0) is 14.5. The molecule has 0 aliphatic heterocycles. The maximum absolute atomic E-state index is 10.7. The molecule has 2 aromatic rings. The van der Waals surface area contributed by atoms with E-state index >= 15 is 0 Å². The van der Waals surface area contributed by atoms with Gasteiger partial charge in [0.25, 0.3) is 0 Å². The highest BCUT2D eigenvalue weighted by molar-refractivity contribution is 5.74. The van der Waals surface area contributed by atoms with Gasteiger partial charge in [0.1, 0.15) is 23.6 Å². The summed E-state index contributed by atoms with van der Waals surface area (Å²) in [5.41, 5.74) is 5.80. The molecule has 5 heteroatoms. The topological polar surface area (TPSA) is 92.8 Å². The number of benzene rings is 2. The van der Waals surface area contributed by atoms with Crippen molar-refractivity contribution >= 4 is 5.97 Å². The zero-order valence-electron chi connectivity index (χ0n) is 10.6. The second kappa shape index (κ2) is 6.18. The van der Waals surface area contributed by atoms with E-state index in [9.17, 15) is 9.90 Å². The Labute approximate surface area is 116 Å². The van der Waals surface area contributed by atoms with Gasteiger partial charge in [-0.1, -0.05) is 30.3 Å². The summed E-state index contributed by atoms with van der Waals surface area (Å²) in [7, 11) is 0. The fraction of sp³-hybridized carbons (Fsp3) is 0.133. The molecule has 0 aliphatic rings. The Morgan fingerprint density at radius 1 is 1.00 bits per heavy atom. The Bertz CT molecular complexity index is 568. The number of nitrogens with two attached hydrogens (primary N) is 1. The Morgan fingerprint density at radius 2 is 1.55 bits per heavy atom. The summed E-state index contributed by atoms with van der Waals surface area (Å²) in [6.07, 6.45) is -1.25. The Balaban J connectivity index is 2.08. The fourth-order valence-electron chi connectivity index (χ4n) is 1.70. The number of hydrogen-bond donors (Lipinski definition) is 3. The predicted octanol–water partition coefficient (Wildman–Crippen LogP) is 1.92. The van der Waals surface area contributed by atoms with Crippen molar-refractivity contribution < 1.29 is 19.7 Å². The fourth-order valence-corrected chi connectivity index (χ4v) is 1.70. The SMILES string of the molecule is NC(C(=O)O)C(O)c1ccc(Oc2ccccc2)cc1. The maximum atomic E-state index is 10.7. The molecule has 0 radical (unpaired) electrons. The summed E-state index contributed by atoms with van der Waals surface area (Å²) in [4.78, 5) is 10.7. The number of carbonyl (C=O) groups is 1. The third-order valence-electron chi connectivity index (χ3n) is 2.83. The molecule has 20 heavy (non-hydrogen) atoms. The van der Waals surface area contributed by atoms with Crippen LogP contribution in [0.1, 0.15) is 11.7 Å². The largest absolute Gasteiger partial charge is 0.480 e. The van der Waals surface area contributed by atoms with E-state index in [1.54, 1.807) is 24.3 Å². The zero-order valence-corrected chi connectivity index (χ0v) is 10.6. The van der Waals surface area contributed by atoms with Crippen LogP contribution in [0.25, 0.3) is 0 Å². The van der Waals surface area contributed by atoms with Gasteiger partial charge in [0, 0.05) is 0 Å². The van der Waals surface area contributed by atoms with Crippen LogP contribution in [0.2, 0.25) is 0 Å². The molecule has 2 rings (SSSR count). The van der Waals surface area contributed by atoms with E-state index in [2.05, 4.69) is 0 Å². The first-order chi connectivity index (χ1) is 9.58. The van der Waals surface area contributed by atoms with E-state index in [0.29, 0.717) is 17.1 Å². The van der Waals surface area contributed by atoms with Gasteiger partial charge < -0.3 is 20.7 Å². The summed E-state index contributed by atoms with van der Waals surface area (Å²) in [6, 6.07) is 14.4. The molecule has 0 bridgehead atoms. The average molecular weight is 273 g/mol. The lowest BCUT2D eigenvalue weighted by atomic mass is 10.0. The number of hydrogen-bond acceptors (Lipinski definition) is 4. The first-order valence-corrected chi connectivity index (χ1v) is 6.07. The van der Waals surface area contributed by atoms with E-state index in [1.165, 1.54) is 0 Å². The van der Waals surface area contributed by atoms with E-state index in [1.807, 2.05) is 30.3 Å². The van der Waals surface area contributed by atoms with Gasteiger partial charge in [0.05, 0.1) is 0 Å². The van der Waals surface area contributed by atoms with Crippen LogP contribution in [-0.2, 0) is 4.79 Å². The molecule has 104 valence electrons. The molecule has 4 N–H and O–H groups in total. The van der Waals surface area contributed by atoms with E-state index in [4.69, 9.17) is 15.6 Å². The van der Waals surface area contributed by atoms with Crippen LogP contribution in [0.15, 0.2) is 54.6 Å². The Kier molecular flexibility index (Phi) is 4.34. The maximum Gasteiger partial charge on any atom is 0.323 e. The van der Waals surface area contributed by atoms with Gasteiger partial charge in [0.2, 0.25) is 0 Å². The minimum atomic E-state index is -1.35. The van der Waals surface area contributed by atoms with Crippen molar-refractivity contribution in [2.75, 3.05) is 0 Å². The number of aliphatic hydroxyl groups excluding tert-OH is 1. The molecule has 0 heterocycles. The lowest BCUT2D eigenvalue weighted by Crippen LogP contribution is -2.36. The summed E-state index contributed by atoms with van der Waals surface area (Å²) in [6.45, 7) is 0. The molecule has 0 aromatic heterocycles. The van der Waals surface area contributed by atoms with E-state index < -0.39 is 18.1 Å². The Hall–Kier alpha value is -2.37. The van der Waals surface area contributed by atoms with Crippen molar-refractivity contribution in [3.63, 3.8) is 0 Å². The summed E-state index contributed by atoms with van der Waals surface area (Å²) >= 11 is 0. The minimum absolute atomic E-state index is 0.431. The van der Waals surface area contributed by atoms with Gasteiger partial charge in [-0.2, -0.15) is 0 Å². The highest BCUT2D eigenvalue weighted by Gasteiger charge is 2.23. The number of aliphatic carboxylic acids is 1. The molecule has 2 unspecified atom stereocenters. The molecule has 2 aromatic carbocycles. The van der Waals surface area contributed by atoms with Crippen LogP contribution in [0.3, 0.4) is 0 Å². The second-order valence-corrected chi connectivity index (χ2v) is 4.29. The average Bonchev–Trinajstić information content (AvgIpc) is 2.47. The van der Waals surface area contributed by atoms with Crippen molar-refractivity contribution in [2.45, 2.75) is 12.1 Å². The smallest absolute Gasteiger partial charge is 0.323 e. The Morgan fingerprint density at radius 3 is 2.10 bits per heavy atom. The molecular formula is C15H15NO4. The summed E-state index contributed by atoms with van der Waals surface area (Å²) < 4.78 is 5.59. The standard InChI is InChI=1S/C15H15NO4/c16-13(15(18)19)14(17)10-6-8-12(9-7-10)20-11-4-2-1-3-5-11/h1-9,13-14,17H,16H2,(H,18,19). The van der Waals surface area contributed by atoms with Crippen molar-refractivity contribution in [3.05, 3.63) is 60.2 Å². The van der Waals surface area contributed by atoms with Gasteiger partial charge in [-0.15, -0.1) is 0 Å². The van der Waals surface area contributed by atoms with E-state index in [0.717, 1.165) is 0 Å². The van der Waals surface area contributed by atoms with Crippen LogP contribution in [0.4, 0.5) is 0 Å². The molecular weight excluding hydrogens is 258 g/mol. The van der Waals surface area contributed by atoms with Gasteiger partial charge in [-0.25, -0.2) is 0 Å². The monoisotopic (exact) mass is 273 g/mol. The third kappa shape index (κ3) is 3.34. The molecule has 0 aliphatic carbocycles. The summed E-state index contributed by atoms with van der Waals surface area (Å²) in [5.74, 6) is 0.0428. The third-order valence-corrected chi connectivity index (χ3v) is 2.83. The quantitative estimate of drug-likeness (QED) is 0.774. The van der Waals surface area contributed by atoms with Crippen molar-refractivity contribution in [3.8, 4) is 11.5 Å². The van der Waals surface area contributed by atoms with Gasteiger partial charge >= 0.3 is 5.97 Å². The number of rotatable bonds is 5. The number of carboxylic acid groups (broad SMARTS) is 1. The van der Waals surface area contributed by atoms with Crippen molar-refractivity contribution in [1.29, 1.82) is 0 Å². The van der Waals surface area contributed by atoms with Crippen molar-refractivity contribution in [1.82, 2.24) is 0 Å². The number of carboxylic acids is 1. The molecule has 0 spiro atoms. The van der Waals surface area contributed by atoms with Crippen LogP contribution >= 0.6 is 0 Å². The molecule has 0 saturated heterocycles. The summed E-state index contributed by atoms with van der Waals surface area (Å²) in [5, 5.41) is 18.5. The van der Waals surface area contributed by atoms with Gasteiger partial charge in [-0.3, -0.25) is 4.79 Å². The molecule has 0 fully saturated rings. The van der Waals surface area contributed by atoms with Crippen molar-refractivity contribution in [2.24, 2.45) is 5.73 Å². The molecule has 5 nitrogen and oxygen atoms in total. The number of ether oxygens (including phenoxy) is 1. The first kappa shape index (κ1) is 14.0. The van der Waals surface area contributed by atoms with Crippen LogP contribution in [0.5, 0.6) is 11.5 Å². The lowest BCUT2D eigenvalue weighted by Gasteiger charge is -2.15. The number of para-hydroxylation sites is 1. The highest BCUT2D eigenvalue weighted by atomic mass is 16.5.